The van der Waals surface area contributed by atoms with Crippen LogP contribution in [0, 0.1) is 12.8 Å². The Bertz CT molecular complexity index is 326. The summed E-state index contributed by atoms with van der Waals surface area (Å²) in [7, 11) is 0. The van der Waals surface area contributed by atoms with Gasteiger partial charge in [-0.3, -0.25) is 0 Å². The summed E-state index contributed by atoms with van der Waals surface area (Å²) in [6.07, 6.45) is 0. The number of aryl methyl sites for hydroxylation is 1. The maximum absolute atomic E-state index is 5.58. The summed E-state index contributed by atoms with van der Waals surface area (Å²) in [4.78, 5) is 8.80. The zero-order valence-corrected chi connectivity index (χ0v) is 10.6. The second-order valence-corrected chi connectivity index (χ2v) is 5.40. The Balaban J connectivity index is 2.80. The third-order valence-electron chi connectivity index (χ3n) is 2.33. The molecule has 1 aromatic heterocycles. The van der Waals surface area contributed by atoms with Crippen molar-refractivity contribution in [1.29, 1.82) is 0 Å². The van der Waals surface area contributed by atoms with Gasteiger partial charge in [0.15, 0.2) is 5.16 Å². The number of nitrogens with two attached hydrogens (primary N) is 1. The van der Waals surface area contributed by atoms with E-state index in [2.05, 4.69) is 30.7 Å². The van der Waals surface area contributed by atoms with Crippen LogP contribution < -0.4 is 5.73 Å². The molecule has 1 atom stereocenters. The molecule has 0 saturated carbocycles. The van der Waals surface area contributed by atoms with E-state index >= 15 is 0 Å². The number of rotatable bonds is 4. The van der Waals surface area contributed by atoms with Gasteiger partial charge in [0, 0.05) is 17.5 Å². The molecule has 0 aliphatic carbocycles. The van der Waals surface area contributed by atoms with Crippen molar-refractivity contribution in [3.05, 3.63) is 17.5 Å². The maximum Gasteiger partial charge on any atom is 0.188 e. The molecule has 84 valence electrons. The van der Waals surface area contributed by atoms with Crippen molar-refractivity contribution < 1.29 is 0 Å². The normalized spacial score (nSPS) is 13.2. The minimum absolute atomic E-state index is 0.479. The zero-order valence-electron chi connectivity index (χ0n) is 9.82. The summed E-state index contributed by atoms with van der Waals surface area (Å²) < 4.78 is 0. The highest BCUT2D eigenvalue weighted by atomic mass is 32.2. The lowest BCUT2D eigenvalue weighted by Gasteiger charge is -2.14. The molecule has 1 heterocycles. The Labute approximate surface area is 95.9 Å². The summed E-state index contributed by atoms with van der Waals surface area (Å²) in [5.41, 5.74) is 7.49. The lowest BCUT2D eigenvalue weighted by molar-refractivity contribution is 0.639. The Kier molecular flexibility index (Phi) is 4.54. The van der Waals surface area contributed by atoms with Gasteiger partial charge in [0.25, 0.3) is 0 Å². The summed E-state index contributed by atoms with van der Waals surface area (Å²) in [5.74, 6) is 0.625. The minimum Gasteiger partial charge on any atom is -0.325 e. The summed E-state index contributed by atoms with van der Waals surface area (Å²) in [6, 6.07) is 1.93. The zero-order chi connectivity index (χ0) is 11.4. The van der Waals surface area contributed by atoms with E-state index in [1.165, 1.54) is 0 Å². The van der Waals surface area contributed by atoms with E-state index in [1.54, 1.807) is 11.8 Å². The quantitative estimate of drug-likeness (QED) is 0.631. The van der Waals surface area contributed by atoms with Crippen LogP contribution in [0.1, 0.15) is 32.2 Å². The molecule has 1 aromatic rings. The highest BCUT2D eigenvalue weighted by molar-refractivity contribution is 7.99. The molecule has 15 heavy (non-hydrogen) atoms. The number of aromatic nitrogens is 2. The molecule has 4 heteroatoms. The molecule has 0 aromatic carbocycles. The van der Waals surface area contributed by atoms with E-state index in [4.69, 9.17) is 5.73 Å². The fourth-order valence-corrected chi connectivity index (χ4v) is 2.04. The van der Waals surface area contributed by atoms with Gasteiger partial charge in [-0.15, -0.1) is 0 Å². The largest absolute Gasteiger partial charge is 0.325 e. The molecule has 0 fully saturated rings. The molecule has 1 rings (SSSR count). The van der Waals surface area contributed by atoms with Crippen LogP contribution in [-0.4, -0.2) is 15.2 Å². The lowest BCUT2D eigenvalue weighted by Crippen LogP contribution is -2.08. The van der Waals surface area contributed by atoms with Crippen LogP contribution in [0.5, 0.6) is 0 Å². The van der Waals surface area contributed by atoms with Gasteiger partial charge < -0.3 is 5.73 Å². The fraction of sp³-hybridized carbons (Fsp3) is 0.636. The van der Waals surface area contributed by atoms with E-state index in [0.29, 0.717) is 17.7 Å². The predicted octanol–water partition coefficient (Wildman–Crippen LogP) is 2.38. The van der Waals surface area contributed by atoms with Crippen molar-refractivity contribution in [3.8, 4) is 0 Å². The monoisotopic (exact) mass is 225 g/mol. The van der Waals surface area contributed by atoms with Gasteiger partial charge in [-0.25, -0.2) is 9.97 Å². The highest BCUT2D eigenvalue weighted by Crippen LogP contribution is 2.25. The fourth-order valence-electron chi connectivity index (χ4n) is 1.06. The molecule has 0 radical (unpaired) electrons. The van der Waals surface area contributed by atoms with Crippen LogP contribution in [0.4, 0.5) is 0 Å². The lowest BCUT2D eigenvalue weighted by atomic mass is 10.2. The second-order valence-electron chi connectivity index (χ2n) is 4.05. The molecule has 0 saturated heterocycles. The number of hydrogen-bond acceptors (Lipinski definition) is 4. The highest BCUT2D eigenvalue weighted by Gasteiger charge is 2.11. The van der Waals surface area contributed by atoms with E-state index < -0.39 is 0 Å². The van der Waals surface area contributed by atoms with Crippen molar-refractivity contribution >= 4 is 11.8 Å². The molecular formula is C11H19N3S. The van der Waals surface area contributed by atoms with Gasteiger partial charge in [-0.05, 0) is 18.9 Å². The maximum atomic E-state index is 5.58. The molecule has 0 amide bonds. The molecule has 0 aliphatic heterocycles. The second kappa shape index (κ2) is 5.47. The average molecular weight is 225 g/mol. The molecule has 0 spiro atoms. The third kappa shape index (κ3) is 3.80. The summed E-state index contributed by atoms with van der Waals surface area (Å²) in [5, 5.41) is 1.37. The van der Waals surface area contributed by atoms with E-state index in [0.717, 1.165) is 16.5 Å². The van der Waals surface area contributed by atoms with Crippen molar-refractivity contribution in [1.82, 2.24) is 9.97 Å². The van der Waals surface area contributed by atoms with Gasteiger partial charge in [0.1, 0.15) is 0 Å². The Hall–Kier alpha value is -0.610. The van der Waals surface area contributed by atoms with Crippen LogP contribution in [0.2, 0.25) is 0 Å². The Morgan fingerprint density at radius 3 is 2.53 bits per heavy atom. The number of hydrogen-bond donors (Lipinski definition) is 1. The van der Waals surface area contributed by atoms with Crippen LogP contribution in [0.3, 0.4) is 0 Å². The minimum atomic E-state index is 0.479. The van der Waals surface area contributed by atoms with Crippen LogP contribution >= 0.6 is 11.8 Å². The topological polar surface area (TPSA) is 51.8 Å². The molecule has 1 unspecified atom stereocenters. The van der Waals surface area contributed by atoms with Gasteiger partial charge >= 0.3 is 0 Å². The van der Waals surface area contributed by atoms with Crippen molar-refractivity contribution in [2.45, 2.75) is 44.6 Å². The summed E-state index contributed by atoms with van der Waals surface area (Å²) >= 11 is 1.72. The van der Waals surface area contributed by atoms with Gasteiger partial charge in [0.05, 0.1) is 5.69 Å². The summed E-state index contributed by atoms with van der Waals surface area (Å²) in [6.45, 7) is 9.07. The first kappa shape index (κ1) is 12.5. The van der Waals surface area contributed by atoms with Crippen molar-refractivity contribution in [2.24, 2.45) is 11.7 Å². The predicted molar refractivity (Wildman–Crippen MR) is 64.8 cm³/mol. The molecule has 2 N–H and O–H groups in total. The number of thioether (sulfide) groups is 1. The molecular weight excluding hydrogens is 206 g/mol. The Morgan fingerprint density at radius 2 is 2.00 bits per heavy atom. The van der Waals surface area contributed by atoms with Gasteiger partial charge in [0.2, 0.25) is 0 Å². The van der Waals surface area contributed by atoms with E-state index in [9.17, 15) is 0 Å². The Morgan fingerprint density at radius 1 is 1.33 bits per heavy atom. The molecule has 3 nitrogen and oxygen atoms in total. The van der Waals surface area contributed by atoms with E-state index in [1.807, 2.05) is 13.0 Å². The average Bonchev–Trinajstić information content (AvgIpc) is 2.16. The van der Waals surface area contributed by atoms with Crippen LogP contribution in [-0.2, 0) is 6.54 Å². The standard InChI is InChI=1S/C11H19N3S/c1-7(2)9(4)15-11-13-8(3)5-10(6-12)14-11/h5,7,9H,6,12H2,1-4H3. The van der Waals surface area contributed by atoms with Gasteiger partial charge in [-0.1, -0.05) is 32.5 Å². The first-order chi connectivity index (χ1) is 7.02. The van der Waals surface area contributed by atoms with Crippen LogP contribution in [0.25, 0.3) is 0 Å². The number of nitrogens with zero attached hydrogens (tertiary/aromatic N) is 2. The third-order valence-corrected chi connectivity index (χ3v) is 3.64. The van der Waals surface area contributed by atoms with Gasteiger partial charge in [-0.2, -0.15) is 0 Å². The first-order valence-electron chi connectivity index (χ1n) is 5.24. The van der Waals surface area contributed by atoms with Crippen molar-refractivity contribution in [2.75, 3.05) is 0 Å². The van der Waals surface area contributed by atoms with Crippen LogP contribution in [0.15, 0.2) is 11.2 Å². The van der Waals surface area contributed by atoms with Crippen molar-refractivity contribution in [3.63, 3.8) is 0 Å². The molecule has 0 bridgehead atoms. The smallest absolute Gasteiger partial charge is 0.188 e. The molecule has 0 aliphatic rings. The van der Waals surface area contributed by atoms with E-state index in [-0.39, 0.29) is 0 Å². The SMILES string of the molecule is Cc1cc(CN)nc(SC(C)C(C)C)n1. The first-order valence-corrected chi connectivity index (χ1v) is 6.12.